The summed E-state index contributed by atoms with van der Waals surface area (Å²) >= 11 is 0. The van der Waals surface area contributed by atoms with E-state index in [0.29, 0.717) is 17.1 Å². The SMILES string of the molecule is CCOC(=O)c1cnn(-c2cc(C)c3ccccc3n2)c1NC(=O)c1ccc(OC(C)=O)cc1. The number of aryl methyl sites for hydroxylation is 1. The topological polar surface area (TPSA) is 112 Å². The van der Waals surface area contributed by atoms with Crippen LogP contribution in [0.1, 0.15) is 40.1 Å². The van der Waals surface area contributed by atoms with E-state index in [0.717, 1.165) is 16.5 Å². The van der Waals surface area contributed by atoms with Crippen LogP contribution in [0.4, 0.5) is 5.82 Å². The first-order chi connectivity index (χ1) is 16.4. The lowest BCUT2D eigenvalue weighted by Crippen LogP contribution is -2.18. The molecule has 1 amide bonds. The number of esters is 2. The summed E-state index contributed by atoms with van der Waals surface area (Å²) in [7, 11) is 0. The van der Waals surface area contributed by atoms with Crippen LogP contribution in [0.25, 0.3) is 16.7 Å². The zero-order chi connectivity index (χ0) is 24.2. The summed E-state index contributed by atoms with van der Waals surface area (Å²) in [6.07, 6.45) is 1.34. The number of nitrogens with zero attached hydrogens (tertiary/aromatic N) is 3. The van der Waals surface area contributed by atoms with Gasteiger partial charge in [-0.05, 0) is 55.8 Å². The van der Waals surface area contributed by atoms with Crippen molar-refractivity contribution in [2.45, 2.75) is 20.8 Å². The maximum atomic E-state index is 13.0. The quantitative estimate of drug-likeness (QED) is 0.342. The van der Waals surface area contributed by atoms with Gasteiger partial charge in [0.25, 0.3) is 5.91 Å². The molecule has 0 fully saturated rings. The Morgan fingerprint density at radius 1 is 1.06 bits per heavy atom. The number of fused-ring (bicyclic) bond motifs is 1. The molecular formula is C25H22N4O5. The molecule has 0 radical (unpaired) electrons. The first kappa shape index (κ1) is 22.7. The summed E-state index contributed by atoms with van der Waals surface area (Å²) in [4.78, 5) is 41.3. The highest BCUT2D eigenvalue weighted by molar-refractivity contribution is 6.07. The largest absolute Gasteiger partial charge is 0.462 e. The van der Waals surface area contributed by atoms with Gasteiger partial charge < -0.3 is 14.8 Å². The van der Waals surface area contributed by atoms with E-state index in [1.165, 1.54) is 42.1 Å². The Kier molecular flexibility index (Phi) is 6.35. The zero-order valence-electron chi connectivity index (χ0n) is 18.9. The summed E-state index contributed by atoms with van der Waals surface area (Å²) in [5.74, 6) is -0.677. The third-order valence-corrected chi connectivity index (χ3v) is 5.00. The van der Waals surface area contributed by atoms with Gasteiger partial charge in [0.05, 0.1) is 18.3 Å². The van der Waals surface area contributed by atoms with Gasteiger partial charge in [-0.15, -0.1) is 0 Å². The molecule has 9 heteroatoms. The Bertz CT molecular complexity index is 1390. The fourth-order valence-electron chi connectivity index (χ4n) is 3.46. The summed E-state index contributed by atoms with van der Waals surface area (Å²) in [5.41, 5.74) is 2.11. The molecule has 0 unspecified atom stereocenters. The minimum atomic E-state index is -0.619. The lowest BCUT2D eigenvalue weighted by atomic mass is 10.1. The van der Waals surface area contributed by atoms with E-state index in [2.05, 4.69) is 15.4 Å². The molecule has 1 N–H and O–H groups in total. The summed E-state index contributed by atoms with van der Waals surface area (Å²) in [6, 6.07) is 15.5. The molecule has 0 aliphatic carbocycles. The van der Waals surface area contributed by atoms with Gasteiger partial charge in [-0.2, -0.15) is 9.78 Å². The van der Waals surface area contributed by atoms with Crippen LogP contribution in [-0.2, 0) is 9.53 Å². The van der Waals surface area contributed by atoms with Crippen LogP contribution >= 0.6 is 0 Å². The van der Waals surface area contributed by atoms with Crippen molar-refractivity contribution in [3.05, 3.63) is 77.5 Å². The molecule has 2 aromatic heterocycles. The second-order valence-corrected chi connectivity index (χ2v) is 7.43. The molecule has 0 aliphatic heterocycles. The summed E-state index contributed by atoms with van der Waals surface area (Å²) in [5, 5.41) is 8.05. The van der Waals surface area contributed by atoms with Gasteiger partial charge in [0.15, 0.2) is 11.6 Å². The van der Waals surface area contributed by atoms with E-state index < -0.39 is 17.8 Å². The van der Waals surface area contributed by atoms with Gasteiger partial charge in [0.1, 0.15) is 11.3 Å². The minimum absolute atomic E-state index is 0.0966. The molecule has 34 heavy (non-hydrogen) atoms. The van der Waals surface area contributed by atoms with Crippen LogP contribution < -0.4 is 10.1 Å². The first-order valence-electron chi connectivity index (χ1n) is 10.6. The predicted octanol–water partition coefficient (Wildman–Crippen LogP) is 4.08. The number of anilines is 1. The lowest BCUT2D eigenvalue weighted by molar-refractivity contribution is -0.131. The van der Waals surface area contributed by atoms with E-state index in [4.69, 9.17) is 9.47 Å². The highest BCUT2D eigenvalue weighted by atomic mass is 16.5. The number of pyridine rings is 1. The van der Waals surface area contributed by atoms with E-state index >= 15 is 0 Å². The van der Waals surface area contributed by atoms with Crippen molar-refractivity contribution in [3.8, 4) is 11.6 Å². The zero-order valence-corrected chi connectivity index (χ0v) is 18.9. The third kappa shape index (κ3) is 4.63. The number of rotatable bonds is 6. The van der Waals surface area contributed by atoms with Gasteiger partial charge >= 0.3 is 11.9 Å². The fraction of sp³-hybridized carbons (Fsp3) is 0.160. The Labute approximate surface area is 195 Å². The molecule has 0 saturated carbocycles. The Hall–Kier alpha value is -4.53. The molecule has 4 rings (SSSR count). The van der Waals surface area contributed by atoms with Crippen LogP contribution in [-0.4, -0.2) is 39.2 Å². The standard InChI is InChI=1S/C25H22N4O5/c1-4-33-25(32)20-14-26-29(22-13-15(2)19-7-5-6-8-21(19)27-22)23(20)28-24(31)17-9-11-18(12-10-17)34-16(3)30/h5-14H,4H2,1-3H3,(H,28,31). The molecule has 0 atom stereocenters. The van der Waals surface area contributed by atoms with Gasteiger partial charge in [0, 0.05) is 17.9 Å². The molecule has 0 aliphatic rings. The maximum Gasteiger partial charge on any atom is 0.343 e. The van der Waals surface area contributed by atoms with Crippen molar-refractivity contribution in [2.75, 3.05) is 11.9 Å². The Balaban J connectivity index is 1.73. The number of nitrogens with one attached hydrogen (secondary N) is 1. The second kappa shape index (κ2) is 9.53. The molecular weight excluding hydrogens is 436 g/mol. The van der Waals surface area contributed by atoms with Crippen molar-refractivity contribution in [2.24, 2.45) is 0 Å². The van der Waals surface area contributed by atoms with Gasteiger partial charge in [-0.25, -0.2) is 9.78 Å². The maximum absolute atomic E-state index is 13.0. The third-order valence-electron chi connectivity index (χ3n) is 5.00. The summed E-state index contributed by atoms with van der Waals surface area (Å²) < 4.78 is 11.5. The molecule has 4 aromatic rings. The first-order valence-corrected chi connectivity index (χ1v) is 10.6. The van der Waals surface area contributed by atoms with Gasteiger partial charge in [-0.1, -0.05) is 18.2 Å². The van der Waals surface area contributed by atoms with Crippen LogP contribution in [0, 0.1) is 6.92 Å². The number of para-hydroxylation sites is 1. The van der Waals surface area contributed by atoms with Gasteiger partial charge in [-0.3, -0.25) is 9.59 Å². The number of hydrogen-bond donors (Lipinski definition) is 1. The number of benzene rings is 2. The highest BCUT2D eigenvalue weighted by Gasteiger charge is 2.23. The molecule has 0 saturated heterocycles. The lowest BCUT2D eigenvalue weighted by Gasteiger charge is -2.12. The minimum Gasteiger partial charge on any atom is -0.462 e. The predicted molar refractivity (Wildman–Crippen MR) is 125 cm³/mol. The molecule has 172 valence electrons. The van der Waals surface area contributed by atoms with Crippen molar-refractivity contribution in [3.63, 3.8) is 0 Å². The number of aromatic nitrogens is 3. The molecule has 0 spiro atoms. The van der Waals surface area contributed by atoms with Crippen molar-refractivity contribution < 1.29 is 23.9 Å². The smallest absolute Gasteiger partial charge is 0.343 e. The van der Waals surface area contributed by atoms with Crippen molar-refractivity contribution >= 4 is 34.6 Å². The molecule has 2 heterocycles. The Morgan fingerprint density at radius 2 is 1.79 bits per heavy atom. The number of carbonyl (C=O) groups excluding carboxylic acids is 3. The summed E-state index contributed by atoms with van der Waals surface area (Å²) in [6.45, 7) is 5.11. The number of amides is 1. The van der Waals surface area contributed by atoms with Crippen molar-refractivity contribution in [1.29, 1.82) is 0 Å². The van der Waals surface area contributed by atoms with Crippen LogP contribution in [0.2, 0.25) is 0 Å². The van der Waals surface area contributed by atoms with Crippen molar-refractivity contribution in [1.82, 2.24) is 14.8 Å². The van der Waals surface area contributed by atoms with E-state index in [9.17, 15) is 14.4 Å². The van der Waals surface area contributed by atoms with Crippen LogP contribution in [0.3, 0.4) is 0 Å². The highest BCUT2D eigenvalue weighted by Crippen LogP contribution is 2.25. The second-order valence-electron chi connectivity index (χ2n) is 7.43. The van der Waals surface area contributed by atoms with E-state index in [1.54, 1.807) is 6.92 Å². The number of carbonyl (C=O) groups is 3. The van der Waals surface area contributed by atoms with Crippen LogP contribution in [0.5, 0.6) is 5.75 Å². The average molecular weight is 458 g/mol. The van der Waals surface area contributed by atoms with E-state index in [1.807, 2.05) is 37.3 Å². The number of hydrogen-bond acceptors (Lipinski definition) is 7. The molecule has 9 nitrogen and oxygen atoms in total. The molecule has 2 aromatic carbocycles. The molecule has 0 bridgehead atoms. The monoisotopic (exact) mass is 458 g/mol. The average Bonchev–Trinajstić information content (AvgIpc) is 3.23. The van der Waals surface area contributed by atoms with Crippen LogP contribution in [0.15, 0.2) is 60.8 Å². The normalized spacial score (nSPS) is 10.7. The fourth-order valence-corrected chi connectivity index (χ4v) is 3.46. The van der Waals surface area contributed by atoms with E-state index in [-0.39, 0.29) is 18.0 Å². The Morgan fingerprint density at radius 3 is 2.50 bits per heavy atom. The number of ether oxygens (including phenoxy) is 2. The van der Waals surface area contributed by atoms with Gasteiger partial charge in [0.2, 0.25) is 0 Å².